The zero-order valence-corrected chi connectivity index (χ0v) is 13.3. The van der Waals surface area contributed by atoms with Gasteiger partial charge in [-0.15, -0.1) is 0 Å². The zero-order valence-electron chi connectivity index (χ0n) is 13.3. The Labute approximate surface area is 141 Å². The van der Waals surface area contributed by atoms with Gasteiger partial charge in [0, 0.05) is 0 Å². The molecule has 0 saturated carbocycles. The maximum atomic E-state index is 12.2. The molecule has 132 valence electrons. The Balaban J connectivity index is 2.21. The zero-order chi connectivity index (χ0) is 18.4. The van der Waals surface area contributed by atoms with Gasteiger partial charge in [-0.25, -0.2) is 9.59 Å². The lowest BCUT2D eigenvalue weighted by Crippen LogP contribution is -2.11. The Morgan fingerprint density at radius 3 is 2.28 bits per heavy atom. The van der Waals surface area contributed by atoms with E-state index >= 15 is 0 Å². The molecule has 25 heavy (non-hydrogen) atoms. The molecule has 0 atom stereocenters. The molecule has 0 unspecified atom stereocenters. The highest BCUT2D eigenvalue weighted by molar-refractivity contribution is 5.93. The predicted octanol–water partition coefficient (Wildman–Crippen LogP) is 3.30. The van der Waals surface area contributed by atoms with E-state index in [1.807, 2.05) is 0 Å². The predicted molar refractivity (Wildman–Crippen MR) is 82.4 cm³/mol. The van der Waals surface area contributed by atoms with Crippen molar-refractivity contribution in [1.82, 2.24) is 0 Å². The summed E-state index contributed by atoms with van der Waals surface area (Å²) in [6.07, 6.45) is 0. The maximum Gasteiger partial charge on any atom is 0.387 e. The number of methoxy groups -OCH3 is 2. The topological polar surface area (TPSA) is 71.1 Å². The Hall–Kier alpha value is -3.16. The van der Waals surface area contributed by atoms with Crippen molar-refractivity contribution in [2.24, 2.45) is 0 Å². The standard InChI is InChI=1S/C17H14F2O6/c1-22-14-9-11(15(20)23-2)6-7-13(14)25-16(21)10-4-3-5-12(8-10)24-17(18)19/h3-9,17H,1-2H3. The summed E-state index contributed by atoms with van der Waals surface area (Å²) in [5.41, 5.74) is 0.226. The molecule has 0 heterocycles. The molecular weight excluding hydrogens is 338 g/mol. The minimum atomic E-state index is -3.00. The molecule has 0 aliphatic heterocycles. The number of halogens is 2. The summed E-state index contributed by atoms with van der Waals surface area (Å²) in [5.74, 6) is -1.36. The van der Waals surface area contributed by atoms with Gasteiger partial charge in [-0.05, 0) is 36.4 Å². The van der Waals surface area contributed by atoms with Crippen LogP contribution in [0.4, 0.5) is 8.78 Å². The molecule has 0 spiro atoms. The molecule has 0 aromatic heterocycles. The summed E-state index contributed by atoms with van der Waals surface area (Å²) in [6, 6.07) is 9.29. The van der Waals surface area contributed by atoms with Gasteiger partial charge in [-0.1, -0.05) is 6.07 Å². The van der Waals surface area contributed by atoms with Gasteiger partial charge in [0.25, 0.3) is 0 Å². The number of carbonyl (C=O) groups is 2. The van der Waals surface area contributed by atoms with Gasteiger partial charge in [0.15, 0.2) is 11.5 Å². The Kier molecular flexibility index (Phi) is 5.89. The number of benzene rings is 2. The molecule has 0 amide bonds. The maximum absolute atomic E-state index is 12.2. The molecule has 0 fully saturated rings. The molecule has 2 aromatic carbocycles. The van der Waals surface area contributed by atoms with Gasteiger partial charge in [0.2, 0.25) is 0 Å². The van der Waals surface area contributed by atoms with E-state index in [1.54, 1.807) is 0 Å². The SMILES string of the molecule is COC(=O)c1ccc(OC(=O)c2cccc(OC(F)F)c2)c(OC)c1. The van der Waals surface area contributed by atoms with Gasteiger partial charge in [-0.2, -0.15) is 8.78 Å². The van der Waals surface area contributed by atoms with Crippen molar-refractivity contribution in [1.29, 1.82) is 0 Å². The highest BCUT2D eigenvalue weighted by Gasteiger charge is 2.16. The van der Waals surface area contributed by atoms with Crippen molar-refractivity contribution in [2.75, 3.05) is 14.2 Å². The lowest BCUT2D eigenvalue weighted by Gasteiger charge is -2.11. The summed E-state index contributed by atoms with van der Waals surface area (Å²) in [6.45, 7) is -3.00. The lowest BCUT2D eigenvalue weighted by atomic mass is 10.2. The van der Waals surface area contributed by atoms with E-state index in [0.29, 0.717) is 0 Å². The van der Waals surface area contributed by atoms with Crippen molar-refractivity contribution in [3.05, 3.63) is 53.6 Å². The molecule has 2 aromatic rings. The van der Waals surface area contributed by atoms with Crippen LogP contribution in [0.15, 0.2) is 42.5 Å². The van der Waals surface area contributed by atoms with E-state index in [4.69, 9.17) is 9.47 Å². The number of hydrogen-bond acceptors (Lipinski definition) is 6. The second kappa shape index (κ2) is 8.09. The van der Waals surface area contributed by atoms with Gasteiger partial charge in [0.1, 0.15) is 5.75 Å². The molecule has 0 bridgehead atoms. The quantitative estimate of drug-likeness (QED) is 0.587. The molecular formula is C17H14F2O6. The largest absolute Gasteiger partial charge is 0.493 e. The van der Waals surface area contributed by atoms with E-state index in [-0.39, 0.29) is 28.4 Å². The van der Waals surface area contributed by atoms with Crippen LogP contribution in [0.25, 0.3) is 0 Å². The fourth-order valence-electron chi connectivity index (χ4n) is 1.95. The normalized spacial score (nSPS) is 10.3. The fraction of sp³-hybridized carbons (Fsp3) is 0.176. The molecule has 6 nitrogen and oxygen atoms in total. The van der Waals surface area contributed by atoms with E-state index < -0.39 is 18.6 Å². The van der Waals surface area contributed by atoms with E-state index in [9.17, 15) is 18.4 Å². The van der Waals surface area contributed by atoms with Crippen molar-refractivity contribution in [3.8, 4) is 17.2 Å². The van der Waals surface area contributed by atoms with Gasteiger partial charge >= 0.3 is 18.6 Å². The molecule has 0 saturated heterocycles. The Morgan fingerprint density at radius 1 is 0.920 bits per heavy atom. The first-order chi connectivity index (χ1) is 11.9. The molecule has 0 aliphatic rings. The molecule has 0 radical (unpaired) electrons. The summed E-state index contributed by atoms with van der Waals surface area (Å²) in [7, 11) is 2.57. The summed E-state index contributed by atoms with van der Waals surface area (Å²) in [5, 5.41) is 0. The van der Waals surface area contributed by atoms with Gasteiger partial charge in [0.05, 0.1) is 25.3 Å². The third-order valence-corrected chi connectivity index (χ3v) is 3.08. The number of ether oxygens (including phenoxy) is 4. The molecule has 2 rings (SSSR count). The minimum Gasteiger partial charge on any atom is -0.493 e. The van der Waals surface area contributed by atoms with Crippen LogP contribution in [0.3, 0.4) is 0 Å². The fourth-order valence-corrected chi connectivity index (χ4v) is 1.95. The highest BCUT2D eigenvalue weighted by Crippen LogP contribution is 2.29. The number of hydrogen-bond donors (Lipinski definition) is 0. The van der Waals surface area contributed by atoms with Crippen LogP contribution in [0.5, 0.6) is 17.2 Å². The third-order valence-electron chi connectivity index (χ3n) is 3.08. The van der Waals surface area contributed by atoms with E-state index in [2.05, 4.69) is 9.47 Å². The van der Waals surface area contributed by atoms with Gasteiger partial charge in [-0.3, -0.25) is 0 Å². The van der Waals surface area contributed by atoms with Crippen LogP contribution < -0.4 is 14.2 Å². The number of rotatable bonds is 6. The Bertz CT molecular complexity index is 775. The molecule has 8 heteroatoms. The van der Waals surface area contributed by atoms with Crippen LogP contribution in [-0.4, -0.2) is 32.8 Å². The third kappa shape index (κ3) is 4.66. The Morgan fingerprint density at radius 2 is 1.64 bits per heavy atom. The van der Waals surface area contributed by atoms with Crippen LogP contribution >= 0.6 is 0 Å². The van der Waals surface area contributed by atoms with Crippen molar-refractivity contribution >= 4 is 11.9 Å². The highest BCUT2D eigenvalue weighted by atomic mass is 19.3. The van der Waals surface area contributed by atoms with E-state index in [0.717, 1.165) is 6.07 Å². The van der Waals surface area contributed by atoms with Gasteiger partial charge < -0.3 is 18.9 Å². The second-order valence-corrected chi connectivity index (χ2v) is 4.65. The first-order valence-corrected chi connectivity index (χ1v) is 6.98. The summed E-state index contributed by atoms with van der Waals surface area (Å²) in [4.78, 5) is 23.7. The first kappa shape index (κ1) is 18.2. The van der Waals surface area contributed by atoms with Crippen molar-refractivity contribution < 1.29 is 37.3 Å². The molecule has 0 aliphatic carbocycles. The van der Waals surface area contributed by atoms with Crippen LogP contribution in [0.2, 0.25) is 0 Å². The minimum absolute atomic E-state index is 0.0113. The van der Waals surface area contributed by atoms with E-state index in [1.165, 1.54) is 50.6 Å². The monoisotopic (exact) mass is 352 g/mol. The van der Waals surface area contributed by atoms with Crippen LogP contribution in [0, 0.1) is 0 Å². The number of esters is 2. The summed E-state index contributed by atoms with van der Waals surface area (Å²) < 4.78 is 43.6. The summed E-state index contributed by atoms with van der Waals surface area (Å²) >= 11 is 0. The second-order valence-electron chi connectivity index (χ2n) is 4.65. The van der Waals surface area contributed by atoms with Crippen molar-refractivity contribution in [2.45, 2.75) is 6.61 Å². The molecule has 0 N–H and O–H groups in total. The van der Waals surface area contributed by atoms with Crippen LogP contribution in [-0.2, 0) is 4.74 Å². The number of alkyl halides is 2. The van der Waals surface area contributed by atoms with Crippen molar-refractivity contribution in [3.63, 3.8) is 0 Å². The smallest absolute Gasteiger partial charge is 0.387 e. The number of carbonyl (C=O) groups excluding carboxylic acids is 2. The lowest BCUT2D eigenvalue weighted by molar-refractivity contribution is -0.0499. The average Bonchev–Trinajstić information content (AvgIpc) is 2.61. The first-order valence-electron chi connectivity index (χ1n) is 6.98. The van der Waals surface area contributed by atoms with Crippen LogP contribution in [0.1, 0.15) is 20.7 Å². The average molecular weight is 352 g/mol.